The predicted molar refractivity (Wildman–Crippen MR) is 68.5 cm³/mol. The van der Waals surface area contributed by atoms with E-state index >= 15 is 0 Å². The highest BCUT2D eigenvalue weighted by Crippen LogP contribution is 2.13. The van der Waals surface area contributed by atoms with Crippen LogP contribution in [0.5, 0.6) is 0 Å². The number of carbonyl (C=O) groups is 3. The molecule has 0 aliphatic carbocycles. The molecule has 0 spiro atoms. The van der Waals surface area contributed by atoms with Crippen LogP contribution in [0.3, 0.4) is 0 Å². The Morgan fingerprint density at radius 2 is 1.62 bits per heavy atom. The van der Waals surface area contributed by atoms with Gasteiger partial charge in [-0.2, -0.15) is 0 Å². The van der Waals surface area contributed by atoms with E-state index in [1.807, 2.05) is 0 Å². The summed E-state index contributed by atoms with van der Waals surface area (Å²) in [6.45, 7) is -0.00614. The summed E-state index contributed by atoms with van der Waals surface area (Å²) in [5.74, 6) is -3.64. The zero-order chi connectivity index (χ0) is 15.8. The fraction of sp³-hybridized carbons (Fsp3) is 0.308. The molecule has 0 amide bonds. The Morgan fingerprint density at radius 3 is 2.19 bits per heavy atom. The predicted octanol–water partition coefficient (Wildman–Crippen LogP) is 0.249. The van der Waals surface area contributed by atoms with Crippen molar-refractivity contribution in [2.24, 2.45) is 0 Å². The van der Waals surface area contributed by atoms with Gasteiger partial charge in [-0.15, -0.1) is 0 Å². The number of carbonyl (C=O) groups excluding carboxylic acids is 1. The smallest absolute Gasteiger partial charge is 0.338 e. The summed E-state index contributed by atoms with van der Waals surface area (Å²) in [4.78, 5) is 33.5. The number of hydrogen-bond donors (Lipinski definition) is 3. The third-order valence-electron chi connectivity index (χ3n) is 2.41. The third-order valence-corrected chi connectivity index (χ3v) is 2.41. The van der Waals surface area contributed by atoms with Crippen molar-refractivity contribution in [3.8, 4) is 0 Å². The summed E-state index contributed by atoms with van der Waals surface area (Å²) in [6.07, 6.45) is 0. The van der Waals surface area contributed by atoms with E-state index in [1.54, 1.807) is 0 Å². The van der Waals surface area contributed by atoms with Crippen LogP contribution in [0.4, 0.5) is 0 Å². The minimum Gasteiger partial charge on any atom is -0.478 e. The Kier molecular flexibility index (Phi) is 6.31. The van der Waals surface area contributed by atoms with Crippen molar-refractivity contribution >= 4 is 17.9 Å². The fourth-order valence-corrected chi connectivity index (χ4v) is 1.48. The number of ether oxygens (including phenoxy) is 2. The van der Waals surface area contributed by atoms with Gasteiger partial charge in [0.25, 0.3) is 0 Å². The van der Waals surface area contributed by atoms with Gasteiger partial charge in [0.1, 0.15) is 6.61 Å². The lowest BCUT2D eigenvalue weighted by Crippen LogP contribution is -2.14. The molecular formula is C13H14O8. The van der Waals surface area contributed by atoms with Gasteiger partial charge in [-0.25, -0.2) is 14.4 Å². The second-order valence-corrected chi connectivity index (χ2v) is 3.84. The number of benzene rings is 1. The molecule has 0 unspecified atom stereocenters. The molecule has 0 aliphatic heterocycles. The van der Waals surface area contributed by atoms with Crippen LogP contribution < -0.4 is 0 Å². The Morgan fingerprint density at radius 1 is 0.952 bits per heavy atom. The minimum absolute atomic E-state index is 0.0675. The molecular weight excluding hydrogens is 284 g/mol. The number of aromatic carboxylic acids is 2. The van der Waals surface area contributed by atoms with Gasteiger partial charge in [0.05, 0.1) is 36.5 Å². The van der Waals surface area contributed by atoms with E-state index in [1.165, 1.54) is 6.07 Å². The first-order valence-electron chi connectivity index (χ1n) is 5.93. The van der Waals surface area contributed by atoms with Crippen molar-refractivity contribution in [2.75, 3.05) is 26.4 Å². The Bertz CT molecular complexity index is 537. The van der Waals surface area contributed by atoms with Crippen molar-refractivity contribution in [1.82, 2.24) is 0 Å². The summed E-state index contributed by atoms with van der Waals surface area (Å²) in [6, 6.07) is 3.15. The zero-order valence-electron chi connectivity index (χ0n) is 10.9. The molecule has 0 aromatic heterocycles. The van der Waals surface area contributed by atoms with Gasteiger partial charge < -0.3 is 24.8 Å². The molecule has 3 N–H and O–H groups in total. The summed E-state index contributed by atoms with van der Waals surface area (Å²) in [5, 5.41) is 26.3. The molecule has 1 aromatic carbocycles. The quantitative estimate of drug-likeness (QED) is 0.460. The van der Waals surface area contributed by atoms with Gasteiger partial charge in [-0.05, 0) is 18.2 Å². The standard InChI is InChI=1S/C13H14O8/c14-3-4-20-5-6-21-13(19)8-1-2-9(11(15)16)10(7-8)12(17)18/h1-2,7,14H,3-6H2,(H,15,16)(H,17,18). The van der Waals surface area contributed by atoms with Crippen LogP contribution in [0, 0.1) is 0 Å². The Labute approximate surface area is 119 Å². The van der Waals surface area contributed by atoms with Gasteiger partial charge in [-0.3, -0.25) is 0 Å². The van der Waals surface area contributed by atoms with Crippen LogP contribution in [-0.2, 0) is 9.47 Å². The minimum atomic E-state index is -1.45. The van der Waals surface area contributed by atoms with Gasteiger partial charge in [-0.1, -0.05) is 0 Å². The first-order valence-corrected chi connectivity index (χ1v) is 5.93. The average molecular weight is 298 g/mol. The Hall–Kier alpha value is -2.45. The van der Waals surface area contributed by atoms with Crippen molar-refractivity contribution < 1.29 is 39.2 Å². The molecule has 0 saturated carbocycles. The molecule has 0 saturated heterocycles. The van der Waals surface area contributed by atoms with E-state index in [0.717, 1.165) is 12.1 Å². The summed E-state index contributed by atoms with van der Waals surface area (Å²) in [7, 11) is 0. The van der Waals surface area contributed by atoms with E-state index in [-0.39, 0.29) is 32.0 Å². The fourth-order valence-electron chi connectivity index (χ4n) is 1.48. The highest BCUT2D eigenvalue weighted by molar-refractivity contribution is 6.03. The molecule has 0 aliphatic rings. The number of rotatable bonds is 8. The molecule has 114 valence electrons. The van der Waals surface area contributed by atoms with E-state index < -0.39 is 29.0 Å². The molecule has 21 heavy (non-hydrogen) atoms. The maximum atomic E-state index is 11.7. The topological polar surface area (TPSA) is 130 Å². The molecule has 0 fully saturated rings. The SMILES string of the molecule is O=C(OCCOCCO)c1ccc(C(=O)O)c(C(=O)O)c1. The van der Waals surface area contributed by atoms with Crippen molar-refractivity contribution in [2.45, 2.75) is 0 Å². The van der Waals surface area contributed by atoms with Crippen LogP contribution >= 0.6 is 0 Å². The second-order valence-electron chi connectivity index (χ2n) is 3.84. The molecule has 8 heteroatoms. The normalized spacial score (nSPS) is 10.1. The molecule has 8 nitrogen and oxygen atoms in total. The average Bonchev–Trinajstić information content (AvgIpc) is 2.46. The number of aliphatic hydroxyl groups excluding tert-OH is 1. The van der Waals surface area contributed by atoms with Crippen molar-refractivity contribution in [3.05, 3.63) is 34.9 Å². The number of aliphatic hydroxyl groups is 1. The van der Waals surface area contributed by atoms with Gasteiger partial charge in [0.2, 0.25) is 0 Å². The first kappa shape index (κ1) is 16.6. The van der Waals surface area contributed by atoms with Gasteiger partial charge >= 0.3 is 17.9 Å². The van der Waals surface area contributed by atoms with Gasteiger partial charge in [0, 0.05) is 0 Å². The highest BCUT2D eigenvalue weighted by atomic mass is 16.6. The van der Waals surface area contributed by atoms with Crippen molar-refractivity contribution in [1.29, 1.82) is 0 Å². The molecule has 0 atom stereocenters. The lowest BCUT2D eigenvalue weighted by Gasteiger charge is -2.07. The van der Waals surface area contributed by atoms with Crippen molar-refractivity contribution in [3.63, 3.8) is 0 Å². The number of esters is 1. The summed E-state index contributed by atoms with van der Waals surface area (Å²) < 4.78 is 9.71. The first-order chi connectivity index (χ1) is 9.97. The number of hydrogen-bond acceptors (Lipinski definition) is 6. The molecule has 1 rings (SSSR count). The van der Waals surface area contributed by atoms with E-state index in [2.05, 4.69) is 0 Å². The largest absolute Gasteiger partial charge is 0.478 e. The van der Waals surface area contributed by atoms with Gasteiger partial charge in [0.15, 0.2) is 0 Å². The van der Waals surface area contributed by atoms with Crippen LogP contribution in [0.1, 0.15) is 31.1 Å². The monoisotopic (exact) mass is 298 g/mol. The molecule has 0 heterocycles. The van der Waals surface area contributed by atoms with E-state index in [4.69, 9.17) is 24.8 Å². The maximum Gasteiger partial charge on any atom is 0.338 e. The highest BCUT2D eigenvalue weighted by Gasteiger charge is 2.19. The van der Waals surface area contributed by atoms with E-state index in [0.29, 0.717) is 0 Å². The second kappa shape index (κ2) is 7.98. The van der Waals surface area contributed by atoms with E-state index in [9.17, 15) is 14.4 Å². The number of carboxylic acids is 2. The summed E-state index contributed by atoms with van der Waals surface area (Å²) >= 11 is 0. The maximum absolute atomic E-state index is 11.7. The van der Waals surface area contributed by atoms with Crippen LogP contribution in [-0.4, -0.2) is 59.7 Å². The summed E-state index contributed by atoms with van der Waals surface area (Å²) in [5.41, 5.74) is -0.974. The van der Waals surface area contributed by atoms with Crippen LogP contribution in [0.25, 0.3) is 0 Å². The zero-order valence-corrected chi connectivity index (χ0v) is 10.9. The molecule has 1 aromatic rings. The third kappa shape index (κ3) is 4.86. The van der Waals surface area contributed by atoms with Crippen LogP contribution in [0.15, 0.2) is 18.2 Å². The van der Waals surface area contributed by atoms with Crippen LogP contribution in [0.2, 0.25) is 0 Å². The number of carboxylic acid groups (broad SMARTS) is 2. The molecule has 0 radical (unpaired) electrons. The lowest BCUT2D eigenvalue weighted by molar-refractivity contribution is 0.0258. The lowest BCUT2D eigenvalue weighted by atomic mass is 10.0. The molecule has 0 bridgehead atoms. The Balaban J connectivity index is 2.75.